The molecule has 134 valence electrons. The van der Waals surface area contributed by atoms with Crippen molar-refractivity contribution in [3.05, 3.63) is 23.9 Å². The highest BCUT2D eigenvalue weighted by molar-refractivity contribution is 5.79. The van der Waals surface area contributed by atoms with Crippen molar-refractivity contribution in [3.63, 3.8) is 0 Å². The molecule has 1 fully saturated rings. The molecule has 2 heterocycles. The van der Waals surface area contributed by atoms with Crippen LogP contribution in [0.15, 0.2) is 23.3 Å². The van der Waals surface area contributed by atoms with Gasteiger partial charge in [-0.05, 0) is 25.3 Å². The van der Waals surface area contributed by atoms with Crippen molar-refractivity contribution in [2.45, 2.75) is 32.4 Å². The van der Waals surface area contributed by atoms with Gasteiger partial charge < -0.3 is 24.8 Å². The van der Waals surface area contributed by atoms with Crippen LogP contribution in [0.5, 0.6) is 5.88 Å². The number of rotatable bonds is 9. The fourth-order valence-electron chi connectivity index (χ4n) is 2.31. The van der Waals surface area contributed by atoms with Crippen molar-refractivity contribution in [1.29, 1.82) is 0 Å². The molecule has 1 saturated heterocycles. The van der Waals surface area contributed by atoms with Crippen LogP contribution in [0.4, 0.5) is 0 Å². The molecule has 1 aliphatic rings. The lowest BCUT2D eigenvalue weighted by Crippen LogP contribution is -2.38. The molecule has 1 atom stereocenters. The summed E-state index contributed by atoms with van der Waals surface area (Å²) in [6.45, 7) is 6.55. The minimum Gasteiger partial charge on any atom is -0.481 e. The number of aliphatic imine (C=N–C) groups is 1. The van der Waals surface area contributed by atoms with E-state index in [9.17, 15) is 0 Å². The number of pyridine rings is 1. The summed E-state index contributed by atoms with van der Waals surface area (Å²) < 4.78 is 16.1. The Kier molecular flexibility index (Phi) is 8.34. The maximum atomic E-state index is 5.75. The maximum absolute atomic E-state index is 5.75. The summed E-state index contributed by atoms with van der Waals surface area (Å²) in [6, 6.07) is 3.81. The van der Waals surface area contributed by atoms with Crippen LogP contribution in [0.2, 0.25) is 0 Å². The average Bonchev–Trinajstić information content (AvgIpc) is 3.13. The molecule has 2 N–H and O–H groups in total. The summed E-state index contributed by atoms with van der Waals surface area (Å²) in [4.78, 5) is 8.75. The molecule has 0 bridgehead atoms. The molecule has 7 heteroatoms. The van der Waals surface area contributed by atoms with Crippen molar-refractivity contribution in [3.8, 4) is 5.88 Å². The molecule has 0 aromatic carbocycles. The standard InChI is InChI=1S/C17H28N4O3/c1-3-18-17(19-8-4-9-24-15-7-10-23-13-15)21-12-14-5-6-16(22-2)20-11-14/h5-6,11,15H,3-4,7-10,12-13H2,1-2H3,(H2,18,19,21). The third-order valence-corrected chi connectivity index (χ3v) is 3.63. The second-order valence-corrected chi connectivity index (χ2v) is 5.54. The van der Waals surface area contributed by atoms with Crippen LogP contribution in [0, 0.1) is 0 Å². The van der Waals surface area contributed by atoms with E-state index in [1.54, 1.807) is 13.3 Å². The fourth-order valence-corrected chi connectivity index (χ4v) is 2.31. The molecule has 1 unspecified atom stereocenters. The average molecular weight is 336 g/mol. The van der Waals surface area contributed by atoms with Crippen LogP contribution in [0.25, 0.3) is 0 Å². The van der Waals surface area contributed by atoms with Crippen molar-refractivity contribution in [2.75, 3.05) is 40.0 Å². The molecule has 1 aromatic rings. The monoisotopic (exact) mass is 336 g/mol. The van der Waals surface area contributed by atoms with E-state index in [0.717, 1.165) is 57.3 Å². The summed E-state index contributed by atoms with van der Waals surface area (Å²) in [5.74, 6) is 1.41. The van der Waals surface area contributed by atoms with E-state index in [2.05, 4.69) is 27.5 Å². The molecule has 0 spiro atoms. The van der Waals surface area contributed by atoms with E-state index in [1.165, 1.54) is 0 Å². The topological polar surface area (TPSA) is 77.0 Å². The molecule has 0 radical (unpaired) electrons. The lowest BCUT2D eigenvalue weighted by molar-refractivity contribution is 0.0420. The second-order valence-electron chi connectivity index (χ2n) is 5.54. The van der Waals surface area contributed by atoms with Gasteiger partial charge in [-0.1, -0.05) is 6.07 Å². The Balaban J connectivity index is 1.69. The van der Waals surface area contributed by atoms with Gasteiger partial charge in [0.2, 0.25) is 5.88 Å². The van der Waals surface area contributed by atoms with Gasteiger partial charge >= 0.3 is 0 Å². The fraction of sp³-hybridized carbons (Fsp3) is 0.647. The first-order valence-corrected chi connectivity index (χ1v) is 8.52. The van der Waals surface area contributed by atoms with Gasteiger partial charge in [0.15, 0.2) is 5.96 Å². The molecule has 0 aliphatic carbocycles. The summed E-state index contributed by atoms with van der Waals surface area (Å²) in [6.07, 6.45) is 4.00. The van der Waals surface area contributed by atoms with Crippen LogP contribution in [0.1, 0.15) is 25.3 Å². The number of aromatic nitrogens is 1. The second kappa shape index (κ2) is 10.8. The lowest BCUT2D eigenvalue weighted by atomic mass is 10.3. The third kappa shape index (κ3) is 6.72. The summed E-state index contributed by atoms with van der Waals surface area (Å²) in [5.41, 5.74) is 1.04. The number of hydrogen-bond donors (Lipinski definition) is 2. The molecule has 1 aromatic heterocycles. The van der Waals surface area contributed by atoms with Gasteiger partial charge in [0.25, 0.3) is 0 Å². The first-order chi connectivity index (χ1) is 11.8. The zero-order valence-corrected chi connectivity index (χ0v) is 14.6. The zero-order valence-electron chi connectivity index (χ0n) is 14.6. The summed E-state index contributed by atoms with van der Waals surface area (Å²) in [7, 11) is 1.61. The number of nitrogens with one attached hydrogen (secondary N) is 2. The van der Waals surface area contributed by atoms with E-state index in [-0.39, 0.29) is 6.10 Å². The largest absolute Gasteiger partial charge is 0.481 e. The molecule has 0 amide bonds. The maximum Gasteiger partial charge on any atom is 0.212 e. The number of hydrogen-bond acceptors (Lipinski definition) is 5. The van der Waals surface area contributed by atoms with Crippen LogP contribution < -0.4 is 15.4 Å². The molecular weight excluding hydrogens is 308 g/mol. The minimum atomic E-state index is 0.273. The molecular formula is C17H28N4O3. The first-order valence-electron chi connectivity index (χ1n) is 8.52. The number of methoxy groups -OCH3 is 1. The molecule has 7 nitrogen and oxygen atoms in total. The molecule has 2 rings (SSSR count). The number of guanidine groups is 1. The smallest absolute Gasteiger partial charge is 0.212 e. The van der Waals surface area contributed by atoms with Gasteiger partial charge in [-0.3, -0.25) is 0 Å². The van der Waals surface area contributed by atoms with Crippen molar-refractivity contribution in [2.24, 2.45) is 4.99 Å². The minimum absolute atomic E-state index is 0.273. The van der Waals surface area contributed by atoms with Crippen molar-refractivity contribution in [1.82, 2.24) is 15.6 Å². The first kappa shape index (κ1) is 18.5. The normalized spacial score (nSPS) is 17.8. The zero-order chi connectivity index (χ0) is 17.0. The summed E-state index contributed by atoms with van der Waals surface area (Å²) in [5, 5.41) is 6.56. The van der Waals surface area contributed by atoms with Crippen LogP contribution in [0.3, 0.4) is 0 Å². The highest BCUT2D eigenvalue weighted by Crippen LogP contribution is 2.08. The quantitative estimate of drug-likeness (QED) is 0.403. The number of ether oxygens (including phenoxy) is 3. The van der Waals surface area contributed by atoms with Gasteiger partial charge in [0.05, 0.1) is 26.4 Å². The van der Waals surface area contributed by atoms with E-state index in [0.29, 0.717) is 12.4 Å². The molecule has 24 heavy (non-hydrogen) atoms. The highest BCUT2D eigenvalue weighted by Gasteiger charge is 2.15. The highest BCUT2D eigenvalue weighted by atomic mass is 16.5. The lowest BCUT2D eigenvalue weighted by Gasteiger charge is -2.13. The Labute approximate surface area is 143 Å². The Hall–Kier alpha value is -1.86. The SMILES string of the molecule is CCNC(=NCc1ccc(OC)nc1)NCCCOC1CCOC1. The van der Waals surface area contributed by atoms with Crippen molar-refractivity contribution >= 4 is 5.96 Å². The Morgan fingerprint density at radius 1 is 1.42 bits per heavy atom. The van der Waals surface area contributed by atoms with Gasteiger partial charge in [0.1, 0.15) is 0 Å². The van der Waals surface area contributed by atoms with Crippen LogP contribution in [-0.4, -0.2) is 57.1 Å². The van der Waals surface area contributed by atoms with E-state index < -0.39 is 0 Å². The van der Waals surface area contributed by atoms with Crippen molar-refractivity contribution < 1.29 is 14.2 Å². The van der Waals surface area contributed by atoms with E-state index >= 15 is 0 Å². The van der Waals surface area contributed by atoms with Crippen LogP contribution >= 0.6 is 0 Å². The van der Waals surface area contributed by atoms with E-state index in [4.69, 9.17) is 14.2 Å². The number of nitrogens with zero attached hydrogens (tertiary/aromatic N) is 2. The Morgan fingerprint density at radius 2 is 2.33 bits per heavy atom. The van der Waals surface area contributed by atoms with Gasteiger partial charge in [-0.15, -0.1) is 0 Å². The van der Waals surface area contributed by atoms with Gasteiger partial charge in [-0.25, -0.2) is 9.98 Å². The van der Waals surface area contributed by atoms with E-state index in [1.807, 2.05) is 12.1 Å². The molecule has 0 saturated carbocycles. The van der Waals surface area contributed by atoms with Gasteiger partial charge in [0, 0.05) is 38.6 Å². The summed E-state index contributed by atoms with van der Waals surface area (Å²) >= 11 is 0. The molecule has 1 aliphatic heterocycles. The van der Waals surface area contributed by atoms with Crippen LogP contribution in [-0.2, 0) is 16.0 Å². The predicted molar refractivity (Wildman–Crippen MR) is 93.4 cm³/mol. The predicted octanol–water partition coefficient (Wildman–Crippen LogP) is 1.34. The Morgan fingerprint density at radius 3 is 3.00 bits per heavy atom. The van der Waals surface area contributed by atoms with Gasteiger partial charge in [-0.2, -0.15) is 0 Å². The third-order valence-electron chi connectivity index (χ3n) is 3.63. The Bertz CT molecular complexity index is 487.